The normalized spacial score (nSPS) is 27.7. The number of rotatable bonds is 5. The van der Waals surface area contributed by atoms with Crippen molar-refractivity contribution in [2.24, 2.45) is 17.6 Å². The summed E-state index contributed by atoms with van der Waals surface area (Å²) >= 11 is 0. The number of nitrogens with one attached hydrogen (secondary N) is 1. The van der Waals surface area contributed by atoms with Gasteiger partial charge in [-0.3, -0.25) is 4.79 Å². The molecule has 15 heavy (non-hydrogen) atoms. The summed E-state index contributed by atoms with van der Waals surface area (Å²) in [7, 11) is 0. The van der Waals surface area contributed by atoms with E-state index in [9.17, 15) is 4.79 Å². The van der Waals surface area contributed by atoms with Gasteiger partial charge in [-0.2, -0.15) is 0 Å². The number of carbonyl (C=O) groups is 1. The molecule has 1 fully saturated rings. The Morgan fingerprint density at radius 3 is 2.80 bits per heavy atom. The van der Waals surface area contributed by atoms with E-state index in [1.807, 2.05) is 6.92 Å². The van der Waals surface area contributed by atoms with Crippen LogP contribution in [0.1, 0.15) is 46.0 Å². The highest BCUT2D eigenvalue weighted by atomic mass is 16.1. The topological polar surface area (TPSA) is 55.1 Å². The lowest BCUT2D eigenvalue weighted by Gasteiger charge is -2.16. The van der Waals surface area contributed by atoms with E-state index in [1.54, 1.807) is 0 Å². The zero-order valence-electron chi connectivity index (χ0n) is 9.96. The Bertz CT molecular complexity index is 206. The van der Waals surface area contributed by atoms with Crippen molar-refractivity contribution in [3.63, 3.8) is 0 Å². The van der Waals surface area contributed by atoms with E-state index in [-0.39, 0.29) is 11.8 Å². The monoisotopic (exact) mass is 212 g/mol. The molecule has 0 spiro atoms. The van der Waals surface area contributed by atoms with Crippen molar-refractivity contribution in [2.75, 3.05) is 6.54 Å². The van der Waals surface area contributed by atoms with E-state index in [1.165, 1.54) is 6.42 Å². The third-order valence-electron chi connectivity index (χ3n) is 3.33. The summed E-state index contributed by atoms with van der Waals surface area (Å²) in [4.78, 5) is 11.8. The maximum absolute atomic E-state index is 11.8. The zero-order valence-corrected chi connectivity index (χ0v) is 9.96. The van der Waals surface area contributed by atoms with Crippen LogP contribution in [0.25, 0.3) is 0 Å². The predicted octanol–water partition coefficient (Wildman–Crippen LogP) is 1.67. The van der Waals surface area contributed by atoms with E-state index in [4.69, 9.17) is 5.73 Å². The molecule has 0 aromatic rings. The van der Waals surface area contributed by atoms with Gasteiger partial charge in [0.2, 0.25) is 5.91 Å². The van der Waals surface area contributed by atoms with Gasteiger partial charge in [0.25, 0.3) is 0 Å². The summed E-state index contributed by atoms with van der Waals surface area (Å²) in [5, 5.41) is 3.14. The van der Waals surface area contributed by atoms with Crippen LogP contribution >= 0.6 is 0 Å². The van der Waals surface area contributed by atoms with Crippen LogP contribution in [0.4, 0.5) is 0 Å². The smallest absolute Gasteiger partial charge is 0.223 e. The van der Waals surface area contributed by atoms with Crippen LogP contribution in [0.5, 0.6) is 0 Å². The van der Waals surface area contributed by atoms with E-state index in [2.05, 4.69) is 12.2 Å². The summed E-state index contributed by atoms with van der Waals surface area (Å²) in [6.45, 7) is 4.92. The molecular weight excluding hydrogens is 188 g/mol. The van der Waals surface area contributed by atoms with Crippen LogP contribution in [0.3, 0.4) is 0 Å². The van der Waals surface area contributed by atoms with E-state index in [0.29, 0.717) is 12.6 Å². The van der Waals surface area contributed by atoms with Crippen molar-refractivity contribution in [2.45, 2.75) is 52.0 Å². The molecule has 3 atom stereocenters. The second-order valence-corrected chi connectivity index (χ2v) is 4.96. The molecule has 1 rings (SSSR count). The summed E-state index contributed by atoms with van der Waals surface area (Å²) in [6.07, 6.45) is 5.40. The molecule has 1 saturated carbocycles. The van der Waals surface area contributed by atoms with E-state index < -0.39 is 0 Å². The Morgan fingerprint density at radius 2 is 2.27 bits per heavy atom. The van der Waals surface area contributed by atoms with Crippen LogP contribution in [0, 0.1) is 11.8 Å². The first-order valence-electron chi connectivity index (χ1n) is 6.14. The third-order valence-corrected chi connectivity index (χ3v) is 3.33. The highest BCUT2D eigenvalue weighted by molar-refractivity contribution is 5.78. The second kappa shape index (κ2) is 6.11. The fourth-order valence-electron chi connectivity index (χ4n) is 2.24. The number of carbonyl (C=O) groups excluding carboxylic acids is 1. The summed E-state index contributed by atoms with van der Waals surface area (Å²) in [6, 6.07) is 0.424. The quantitative estimate of drug-likeness (QED) is 0.728. The maximum atomic E-state index is 11.8. The van der Waals surface area contributed by atoms with Crippen molar-refractivity contribution in [3.8, 4) is 0 Å². The molecule has 0 radical (unpaired) electrons. The van der Waals surface area contributed by atoms with Gasteiger partial charge in [-0.15, -0.1) is 0 Å². The van der Waals surface area contributed by atoms with Crippen molar-refractivity contribution in [3.05, 3.63) is 0 Å². The largest absolute Gasteiger partial charge is 0.353 e. The first kappa shape index (κ1) is 12.5. The van der Waals surface area contributed by atoms with Gasteiger partial charge in [-0.25, -0.2) is 0 Å². The Kier molecular flexibility index (Phi) is 5.09. The van der Waals surface area contributed by atoms with Gasteiger partial charge in [-0.1, -0.05) is 13.8 Å². The molecule has 0 aromatic carbocycles. The van der Waals surface area contributed by atoms with Crippen LogP contribution in [0.2, 0.25) is 0 Å². The molecule has 88 valence electrons. The Morgan fingerprint density at radius 1 is 1.53 bits per heavy atom. The van der Waals surface area contributed by atoms with Gasteiger partial charge in [-0.05, 0) is 44.6 Å². The van der Waals surface area contributed by atoms with E-state index in [0.717, 1.165) is 31.6 Å². The van der Waals surface area contributed by atoms with Crippen LogP contribution in [0.15, 0.2) is 0 Å². The number of hydrogen-bond acceptors (Lipinski definition) is 2. The molecule has 0 aliphatic heterocycles. The van der Waals surface area contributed by atoms with Gasteiger partial charge in [0, 0.05) is 12.0 Å². The van der Waals surface area contributed by atoms with Crippen molar-refractivity contribution < 1.29 is 4.79 Å². The fraction of sp³-hybridized carbons (Fsp3) is 0.917. The van der Waals surface area contributed by atoms with Crippen molar-refractivity contribution in [1.82, 2.24) is 5.32 Å². The number of nitrogens with two attached hydrogens (primary N) is 1. The highest BCUT2D eigenvalue weighted by Gasteiger charge is 2.24. The SMILES string of the molecule is CC1CCC(NC(=O)C(C)CCCN)C1. The Labute approximate surface area is 92.8 Å². The molecule has 1 aliphatic carbocycles. The second-order valence-electron chi connectivity index (χ2n) is 4.96. The molecule has 3 N–H and O–H groups in total. The van der Waals surface area contributed by atoms with Gasteiger partial charge in [0.1, 0.15) is 0 Å². The Hall–Kier alpha value is -0.570. The highest BCUT2D eigenvalue weighted by Crippen LogP contribution is 2.24. The third kappa shape index (κ3) is 4.20. The lowest BCUT2D eigenvalue weighted by Crippen LogP contribution is -2.36. The lowest BCUT2D eigenvalue weighted by atomic mass is 10.0. The molecule has 0 saturated heterocycles. The zero-order chi connectivity index (χ0) is 11.3. The first-order chi connectivity index (χ1) is 7.13. The van der Waals surface area contributed by atoms with Crippen molar-refractivity contribution in [1.29, 1.82) is 0 Å². The molecule has 3 heteroatoms. The molecular formula is C12H24N2O. The molecule has 3 nitrogen and oxygen atoms in total. The lowest BCUT2D eigenvalue weighted by molar-refractivity contribution is -0.125. The maximum Gasteiger partial charge on any atom is 0.223 e. The fourth-order valence-corrected chi connectivity index (χ4v) is 2.24. The predicted molar refractivity (Wildman–Crippen MR) is 62.4 cm³/mol. The average Bonchev–Trinajstić information content (AvgIpc) is 2.60. The van der Waals surface area contributed by atoms with Gasteiger partial charge >= 0.3 is 0 Å². The molecule has 3 unspecified atom stereocenters. The first-order valence-corrected chi connectivity index (χ1v) is 6.14. The summed E-state index contributed by atoms with van der Waals surface area (Å²) in [5.41, 5.74) is 5.43. The molecule has 0 bridgehead atoms. The molecule has 0 heterocycles. The Balaban J connectivity index is 2.22. The molecule has 0 aromatic heterocycles. The summed E-state index contributed by atoms with van der Waals surface area (Å²) < 4.78 is 0. The minimum absolute atomic E-state index is 0.115. The molecule has 1 aliphatic rings. The summed E-state index contributed by atoms with van der Waals surface area (Å²) in [5.74, 6) is 1.10. The number of amides is 1. The van der Waals surface area contributed by atoms with Gasteiger partial charge in [0.15, 0.2) is 0 Å². The van der Waals surface area contributed by atoms with Crippen LogP contribution in [-0.4, -0.2) is 18.5 Å². The minimum Gasteiger partial charge on any atom is -0.353 e. The molecule has 1 amide bonds. The van der Waals surface area contributed by atoms with E-state index >= 15 is 0 Å². The standard InChI is InChI=1S/C12H24N2O/c1-9-5-6-11(8-9)14-12(15)10(2)4-3-7-13/h9-11H,3-8,13H2,1-2H3,(H,14,15). The average molecular weight is 212 g/mol. The van der Waals surface area contributed by atoms with Crippen LogP contribution in [-0.2, 0) is 4.79 Å². The minimum atomic E-state index is 0.115. The van der Waals surface area contributed by atoms with Gasteiger partial charge in [0.05, 0.1) is 0 Å². The van der Waals surface area contributed by atoms with Crippen molar-refractivity contribution >= 4 is 5.91 Å². The van der Waals surface area contributed by atoms with Gasteiger partial charge < -0.3 is 11.1 Å². The van der Waals surface area contributed by atoms with Crippen LogP contribution < -0.4 is 11.1 Å². The number of hydrogen-bond donors (Lipinski definition) is 2.